The first kappa shape index (κ1) is 26.6. The van der Waals surface area contributed by atoms with Gasteiger partial charge < -0.3 is 5.32 Å². The number of benzene rings is 4. The summed E-state index contributed by atoms with van der Waals surface area (Å²) < 4.78 is 80.8. The van der Waals surface area contributed by atoms with Crippen molar-refractivity contribution < 1.29 is 30.8 Å². The largest absolute Gasteiger partial charge is 0.416 e. The van der Waals surface area contributed by atoms with E-state index in [1.165, 1.54) is 30.3 Å². The molecular weight excluding hydrogens is 532 g/mol. The molecule has 200 valence electrons. The van der Waals surface area contributed by atoms with E-state index < -0.39 is 44.4 Å². The Morgan fingerprint density at radius 2 is 1.49 bits per heavy atom. The lowest BCUT2D eigenvalue weighted by atomic mass is 9.98. The van der Waals surface area contributed by atoms with Gasteiger partial charge in [-0.1, -0.05) is 48.5 Å². The topological polar surface area (TPSA) is 75.3 Å². The fraction of sp³-hybridized carbons (Fsp3) is 0.138. The predicted octanol–water partition coefficient (Wildman–Crippen LogP) is 6.21. The van der Waals surface area contributed by atoms with Gasteiger partial charge in [-0.25, -0.2) is 17.5 Å². The molecule has 1 unspecified atom stereocenters. The van der Waals surface area contributed by atoms with Crippen molar-refractivity contribution in [3.63, 3.8) is 0 Å². The maximum absolute atomic E-state index is 14.0. The summed E-state index contributed by atoms with van der Waals surface area (Å²) >= 11 is 0. The minimum Gasteiger partial charge on any atom is -0.322 e. The lowest BCUT2D eigenvalue weighted by Crippen LogP contribution is -2.35. The molecule has 0 saturated carbocycles. The SMILES string of the molecule is O=C(Nc1ccc2c(c1)CC(NS(=O)(=O)c1ccccc1F)C2)c1ccccc1-c1ccc(C(F)(F)F)cc1. The third-order valence-corrected chi connectivity index (χ3v) is 8.09. The molecule has 0 aromatic heterocycles. The van der Waals surface area contributed by atoms with Gasteiger partial charge in [0, 0.05) is 17.3 Å². The monoisotopic (exact) mass is 554 g/mol. The fourth-order valence-corrected chi connectivity index (χ4v) is 6.01. The minimum atomic E-state index is -4.46. The number of hydrogen-bond donors (Lipinski definition) is 2. The van der Waals surface area contributed by atoms with Crippen LogP contribution in [0.3, 0.4) is 0 Å². The van der Waals surface area contributed by atoms with Gasteiger partial charge in [-0.05, 0) is 77.6 Å². The molecule has 10 heteroatoms. The summed E-state index contributed by atoms with van der Waals surface area (Å²) in [4.78, 5) is 12.7. The molecule has 0 aliphatic heterocycles. The van der Waals surface area contributed by atoms with Gasteiger partial charge in [0.15, 0.2) is 0 Å². The van der Waals surface area contributed by atoms with Crippen molar-refractivity contribution in [2.24, 2.45) is 0 Å². The van der Waals surface area contributed by atoms with Crippen LogP contribution in [0.25, 0.3) is 11.1 Å². The van der Waals surface area contributed by atoms with Crippen molar-refractivity contribution in [2.75, 3.05) is 5.32 Å². The maximum Gasteiger partial charge on any atom is 0.416 e. The standard InChI is InChI=1S/C29H22F4N2O3S/c30-26-7-3-4-8-27(26)39(37,38)35-23-15-19-11-14-22(16-20(19)17-23)34-28(36)25-6-2-1-5-24(25)18-9-12-21(13-10-18)29(31,32)33/h1-14,16,23,35H,15,17H2,(H,34,36). The van der Waals surface area contributed by atoms with E-state index in [-0.39, 0.29) is 5.56 Å². The van der Waals surface area contributed by atoms with Gasteiger partial charge in [-0.2, -0.15) is 13.2 Å². The summed E-state index contributed by atoms with van der Waals surface area (Å²) in [5.74, 6) is -1.28. The van der Waals surface area contributed by atoms with E-state index in [0.29, 0.717) is 29.7 Å². The number of halogens is 4. The van der Waals surface area contributed by atoms with Crippen LogP contribution in [0.5, 0.6) is 0 Å². The molecule has 4 aromatic carbocycles. The van der Waals surface area contributed by atoms with E-state index in [4.69, 9.17) is 0 Å². The predicted molar refractivity (Wildman–Crippen MR) is 139 cm³/mol. The molecule has 5 nitrogen and oxygen atoms in total. The first-order valence-electron chi connectivity index (χ1n) is 12.0. The van der Waals surface area contributed by atoms with Gasteiger partial charge >= 0.3 is 6.18 Å². The van der Waals surface area contributed by atoms with Gasteiger partial charge in [0.1, 0.15) is 10.7 Å². The summed E-state index contributed by atoms with van der Waals surface area (Å²) in [6.45, 7) is 0. The molecule has 0 saturated heterocycles. The number of fused-ring (bicyclic) bond motifs is 1. The fourth-order valence-electron chi connectivity index (χ4n) is 4.69. The Labute approximate surface area is 222 Å². The lowest BCUT2D eigenvalue weighted by molar-refractivity contribution is -0.137. The number of rotatable bonds is 6. The molecule has 0 heterocycles. The number of amides is 1. The van der Waals surface area contributed by atoms with E-state index >= 15 is 0 Å². The van der Waals surface area contributed by atoms with Gasteiger partial charge in [-0.15, -0.1) is 0 Å². The van der Waals surface area contributed by atoms with E-state index in [0.717, 1.165) is 29.3 Å². The van der Waals surface area contributed by atoms with E-state index in [1.54, 1.807) is 42.5 Å². The molecule has 1 amide bonds. The Hall–Kier alpha value is -4.02. The molecule has 1 aliphatic rings. The van der Waals surface area contributed by atoms with Crippen molar-refractivity contribution in [1.29, 1.82) is 0 Å². The lowest BCUT2D eigenvalue weighted by Gasteiger charge is -2.13. The van der Waals surface area contributed by atoms with E-state index in [9.17, 15) is 30.8 Å². The van der Waals surface area contributed by atoms with Crippen molar-refractivity contribution in [3.8, 4) is 11.1 Å². The first-order chi connectivity index (χ1) is 18.5. The smallest absolute Gasteiger partial charge is 0.322 e. The number of hydrogen-bond acceptors (Lipinski definition) is 3. The number of carbonyl (C=O) groups is 1. The molecule has 0 fully saturated rings. The second-order valence-corrected chi connectivity index (χ2v) is 10.9. The highest BCUT2D eigenvalue weighted by Gasteiger charge is 2.30. The van der Waals surface area contributed by atoms with Crippen molar-refractivity contribution in [2.45, 2.75) is 30.0 Å². The molecule has 0 bridgehead atoms. The highest BCUT2D eigenvalue weighted by molar-refractivity contribution is 7.89. The van der Waals surface area contributed by atoms with Crippen LogP contribution in [0.4, 0.5) is 23.2 Å². The van der Waals surface area contributed by atoms with Gasteiger partial charge in [-0.3, -0.25) is 4.79 Å². The number of nitrogens with one attached hydrogen (secondary N) is 2. The van der Waals surface area contributed by atoms with Gasteiger partial charge in [0.05, 0.1) is 5.56 Å². The summed E-state index contributed by atoms with van der Waals surface area (Å²) in [6, 6.07) is 21.1. The maximum atomic E-state index is 14.0. The zero-order valence-corrected chi connectivity index (χ0v) is 21.1. The van der Waals surface area contributed by atoms with Crippen LogP contribution in [0, 0.1) is 5.82 Å². The molecule has 4 aromatic rings. The number of alkyl halides is 3. The Morgan fingerprint density at radius 1 is 0.821 bits per heavy atom. The van der Waals surface area contributed by atoms with Crippen LogP contribution in [0.15, 0.2) is 95.9 Å². The minimum absolute atomic E-state index is 0.285. The quantitative estimate of drug-likeness (QED) is 0.279. The first-order valence-corrected chi connectivity index (χ1v) is 13.5. The van der Waals surface area contributed by atoms with Crippen LogP contribution >= 0.6 is 0 Å². The van der Waals surface area contributed by atoms with Gasteiger partial charge in [0.25, 0.3) is 5.91 Å². The molecule has 1 aliphatic carbocycles. The van der Waals surface area contributed by atoms with Crippen LogP contribution in [0.2, 0.25) is 0 Å². The average Bonchev–Trinajstić information content (AvgIpc) is 3.29. The van der Waals surface area contributed by atoms with Crippen LogP contribution in [0.1, 0.15) is 27.0 Å². The molecule has 39 heavy (non-hydrogen) atoms. The summed E-state index contributed by atoms with van der Waals surface area (Å²) in [7, 11) is -4.06. The van der Waals surface area contributed by atoms with E-state index in [2.05, 4.69) is 10.0 Å². The molecule has 5 rings (SSSR count). The van der Waals surface area contributed by atoms with Crippen molar-refractivity contribution in [1.82, 2.24) is 4.72 Å². The normalized spacial score (nSPS) is 15.1. The van der Waals surface area contributed by atoms with Crippen LogP contribution in [-0.4, -0.2) is 20.4 Å². The van der Waals surface area contributed by atoms with Crippen molar-refractivity contribution >= 4 is 21.6 Å². The highest BCUT2D eigenvalue weighted by Crippen LogP contribution is 2.32. The highest BCUT2D eigenvalue weighted by atomic mass is 32.2. The second kappa shape index (κ2) is 10.3. The Kier molecular flexibility index (Phi) is 7.00. The van der Waals surface area contributed by atoms with Crippen LogP contribution < -0.4 is 10.0 Å². The molecular formula is C29H22F4N2O3S. The summed E-state index contributed by atoms with van der Waals surface area (Å²) in [5.41, 5.74) is 2.68. The van der Waals surface area contributed by atoms with Crippen molar-refractivity contribution in [3.05, 3.63) is 119 Å². The molecule has 0 spiro atoms. The number of anilines is 1. The summed E-state index contributed by atoms with van der Waals surface area (Å²) in [5, 5.41) is 2.82. The zero-order valence-electron chi connectivity index (χ0n) is 20.3. The van der Waals surface area contributed by atoms with E-state index in [1.807, 2.05) is 0 Å². The average molecular weight is 555 g/mol. The Bertz CT molecular complexity index is 1650. The Balaban J connectivity index is 1.31. The zero-order chi connectivity index (χ0) is 27.8. The molecule has 1 atom stereocenters. The molecule has 0 radical (unpaired) electrons. The second-order valence-electron chi connectivity index (χ2n) is 9.22. The summed E-state index contributed by atoms with van der Waals surface area (Å²) in [6.07, 6.45) is -3.69. The third-order valence-electron chi connectivity index (χ3n) is 6.54. The Morgan fingerprint density at radius 3 is 2.21 bits per heavy atom. The molecule has 2 N–H and O–H groups in total. The van der Waals surface area contributed by atoms with Crippen LogP contribution in [-0.2, 0) is 29.0 Å². The van der Waals surface area contributed by atoms with Gasteiger partial charge in [0.2, 0.25) is 10.0 Å². The number of carbonyl (C=O) groups excluding carboxylic acids is 1. The number of sulfonamides is 1. The third kappa shape index (κ3) is 5.71.